The van der Waals surface area contributed by atoms with Crippen molar-refractivity contribution in [3.8, 4) is 5.75 Å². The Kier molecular flexibility index (Phi) is 4.57. The van der Waals surface area contributed by atoms with Gasteiger partial charge in [0, 0.05) is 16.8 Å². The average molecular weight is 377 g/mol. The first-order chi connectivity index (χ1) is 13.1. The minimum absolute atomic E-state index is 0.212. The van der Waals surface area contributed by atoms with Gasteiger partial charge in [0.2, 0.25) is 0 Å². The van der Waals surface area contributed by atoms with E-state index in [0.29, 0.717) is 28.7 Å². The maximum atomic E-state index is 13.1. The van der Waals surface area contributed by atoms with Gasteiger partial charge in [-0.3, -0.25) is 9.69 Å². The van der Waals surface area contributed by atoms with Crippen molar-refractivity contribution in [3.63, 3.8) is 0 Å². The lowest BCUT2D eigenvalue weighted by molar-refractivity contribution is -0.117. The third-order valence-electron chi connectivity index (χ3n) is 4.28. The van der Waals surface area contributed by atoms with Crippen molar-refractivity contribution in [3.05, 3.63) is 94.7 Å². The molecule has 4 rings (SSSR count). The summed E-state index contributed by atoms with van der Waals surface area (Å²) in [5.74, 6) is 0.594. The van der Waals surface area contributed by atoms with Gasteiger partial charge in [0.1, 0.15) is 0 Å². The Labute approximate surface area is 162 Å². The van der Waals surface area contributed by atoms with E-state index in [-0.39, 0.29) is 11.7 Å². The molecule has 0 aliphatic carbocycles. The van der Waals surface area contributed by atoms with E-state index >= 15 is 0 Å². The summed E-state index contributed by atoms with van der Waals surface area (Å²) >= 11 is 6.10. The summed E-state index contributed by atoms with van der Waals surface area (Å²) < 4.78 is 5.88. The minimum atomic E-state index is -0.212. The fourth-order valence-corrected chi connectivity index (χ4v) is 3.22. The number of fused-ring (bicyclic) bond motifs is 1. The lowest BCUT2D eigenvalue weighted by Gasteiger charge is -2.31. The Balaban J connectivity index is 1.76. The Morgan fingerprint density at radius 2 is 1.81 bits per heavy atom. The van der Waals surface area contributed by atoms with Gasteiger partial charge in [-0.1, -0.05) is 54.1 Å². The Hall–Kier alpha value is -3.24. The van der Waals surface area contributed by atoms with Crippen LogP contribution >= 0.6 is 11.6 Å². The summed E-state index contributed by atoms with van der Waals surface area (Å²) in [5.41, 5.74) is 8.98. The number of hydrogen-bond acceptors (Lipinski definition) is 3. The van der Waals surface area contributed by atoms with Crippen LogP contribution in [0, 0.1) is 0 Å². The second-order valence-corrected chi connectivity index (χ2v) is 6.71. The molecule has 1 aliphatic rings. The van der Waals surface area contributed by atoms with Crippen molar-refractivity contribution >= 4 is 35.0 Å². The van der Waals surface area contributed by atoms with Gasteiger partial charge in [-0.25, -0.2) is 0 Å². The molecule has 4 nitrogen and oxygen atoms in total. The molecule has 3 aromatic carbocycles. The maximum Gasteiger partial charge on any atom is 0.294 e. The van der Waals surface area contributed by atoms with Crippen LogP contribution in [0.2, 0.25) is 5.02 Å². The summed E-state index contributed by atoms with van der Waals surface area (Å²) in [6.45, 7) is 0.381. The Morgan fingerprint density at radius 1 is 1.00 bits per heavy atom. The number of rotatable bonds is 3. The van der Waals surface area contributed by atoms with E-state index in [4.69, 9.17) is 22.1 Å². The second kappa shape index (κ2) is 7.17. The topological polar surface area (TPSA) is 55.6 Å². The summed E-state index contributed by atoms with van der Waals surface area (Å²) in [6.07, 6.45) is 1.74. The average Bonchev–Trinajstić information content (AvgIpc) is 2.66. The first-order valence-corrected chi connectivity index (χ1v) is 8.88. The Morgan fingerprint density at radius 3 is 2.59 bits per heavy atom. The van der Waals surface area contributed by atoms with Crippen molar-refractivity contribution in [2.45, 2.75) is 6.54 Å². The highest BCUT2D eigenvalue weighted by Crippen LogP contribution is 2.38. The van der Waals surface area contributed by atoms with Gasteiger partial charge >= 0.3 is 0 Å². The van der Waals surface area contributed by atoms with Gasteiger partial charge in [0.15, 0.2) is 11.5 Å². The van der Waals surface area contributed by atoms with Gasteiger partial charge in [-0.2, -0.15) is 0 Å². The summed E-state index contributed by atoms with van der Waals surface area (Å²) in [5, 5.41) is 0.630. The van der Waals surface area contributed by atoms with Crippen LogP contribution in [-0.2, 0) is 11.3 Å². The Bertz CT molecular complexity index is 1030. The largest absolute Gasteiger partial charge is 0.449 e. The summed E-state index contributed by atoms with van der Waals surface area (Å²) in [4.78, 5) is 14.8. The van der Waals surface area contributed by atoms with Gasteiger partial charge in [-0.15, -0.1) is 0 Å². The third kappa shape index (κ3) is 3.66. The molecule has 27 heavy (non-hydrogen) atoms. The van der Waals surface area contributed by atoms with Crippen LogP contribution in [-0.4, -0.2) is 5.91 Å². The highest BCUT2D eigenvalue weighted by atomic mass is 35.5. The first kappa shape index (κ1) is 17.2. The number of nitrogens with two attached hydrogens (primary N) is 1. The van der Waals surface area contributed by atoms with E-state index in [2.05, 4.69) is 0 Å². The van der Waals surface area contributed by atoms with Crippen molar-refractivity contribution in [2.75, 3.05) is 10.6 Å². The zero-order valence-corrected chi connectivity index (χ0v) is 15.2. The minimum Gasteiger partial charge on any atom is -0.449 e. The number of nitrogen functional groups attached to an aromatic ring is 1. The van der Waals surface area contributed by atoms with E-state index < -0.39 is 0 Å². The number of nitrogens with zero attached hydrogens (tertiary/aromatic N) is 1. The van der Waals surface area contributed by atoms with Crippen LogP contribution in [0.3, 0.4) is 0 Å². The summed E-state index contributed by atoms with van der Waals surface area (Å²) in [7, 11) is 0. The monoisotopic (exact) mass is 376 g/mol. The lowest BCUT2D eigenvalue weighted by Crippen LogP contribution is -2.36. The van der Waals surface area contributed by atoms with E-state index in [1.807, 2.05) is 54.6 Å². The molecule has 0 saturated carbocycles. The highest BCUT2D eigenvalue weighted by molar-refractivity contribution is 6.30. The van der Waals surface area contributed by atoms with Crippen molar-refractivity contribution in [1.82, 2.24) is 0 Å². The van der Waals surface area contributed by atoms with Crippen molar-refractivity contribution in [1.29, 1.82) is 0 Å². The molecule has 134 valence electrons. The van der Waals surface area contributed by atoms with Gasteiger partial charge in [0.25, 0.3) is 5.91 Å². The third-order valence-corrected chi connectivity index (χ3v) is 4.51. The number of carbonyl (C=O) groups is 1. The number of anilines is 2. The predicted molar refractivity (Wildman–Crippen MR) is 109 cm³/mol. The fraction of sp³-hybridized carbons (Fsp3) is 0.0455. The number of carbonyl (C=O) groups excluding carboxylic acids is 1. The molecule has 3 aromatic rings. The van der Waals surface area contributed by atoms with Crippen LogP contribution in [0.1, 0.15) is 11.1 Å². The second-order valence-electron chi connectivity index (χ2n) is 6.27. The van der Waals surface area contributed by atoms with Crippen LogP contribution in [0.25, 0.3) is 6.08 Å². The molecule has 0 atom stereocenters. The van der Waals surface area contributed by atoms with Gasteiger partial charge < -0.3 is 10.5 Å². The van der Waals surface area contributed by atoms with E-state index in [1.54, 1.807) is 29.2 Å². The van der Waals surface area contributed by atoms with Crippen molar-refractivity contribution < 1.29 is 9.53 Å². The standard InChI is InChI=1S/C22H17ClN2O2/c23-17-8-4-7-16(11-17)14-25-19-10-9-18(24)13-20(19)27-21(22(25)26)12-15-5-2-1-3-6-15/h1-13H,14,24H2/b21-12+. The molecule has 0 unspecified atom stereocenters. The number of amides is 1. The summed E-state index contributed by atoms with van der Waals surface area (Å²) in [6, 6.07) is 22.3. The molecule has 0 spiro atoms. The zero-order chi connectivity index (χ0) is 18.8. The van der Waals surface area contributed by atoms with Crippen LogP contribution in [0.4, 0.5) is 11.4 Å². The fourth-order valence-electron chi connectivity index (χ4n) is 3.01. The normalized spacial score (nSPS) is 14.8. The zero-order valence-electron chi connectivity index (χ0n) is 14.4. The SMILES string of the molecule is Nc1ccc2c(c1)O/C(=C/c1ccccc1)C(=O)N2Cc1cccc(Cl)c1. The van der Waals surface area contributed by atoms with Gasteiger partial charge in [0.05, 0.1) is 12.2 Å². The molecule has 0 aromatic heterocycles. The molecule has 0 fully saturated rings. The molecule has 1 amide bonds. The van der Waals surface area contributed by atoms with E-state index in [9.17, 15) is 4.79 Å². The smallest absolute Gasteiger partial charge is 0.294 e. The molecule has 0 bridgehead atoms. The molecule has 5 heteroatoms. The number of ether oxygens (including phenoxy) is 1. The van der Waals surface area contributed by atoms with Gasteiger partial charge in [-0.05, 0) is 41.5 Å². The predicted octanol–water partition coefficient (Wildman–Crippen LogP) is 4.89. The van der Waals surface area contributed by atoms with Crippen LogP contribution in [0.5, 0.6) is 5.75 Å². The highest BCUT2D eigenvalue weighted by Gasteiger charge is 2.30. The number of benzene rings is 3. The molecule has 1 aliphatic heterocycles. The van der Waals surface area contributed by atoms with Crippen LogP contribution in [0.15, 0.2) is 78.6 Å². The van der Waals surface area contributed by atoms with Crippen molar-refractivity contribution in [2.24, 2.45) is 0 Å². The lowest BCUT2D eigenvalue weighted by atomic mass is 10.1. The molecule has 1 heterocycles. The van der Waals surface area contributed by atoms with E-state index in [1.165, 1.54) is 0 Å². The molecular weight excluding hydrogens is 360 g/mol. The quantitative estimate of drug-likeness (QED) is 0.523. The van der Waals surface area contributed by atoms with E-state index in [0.717, 1.165) is 11.1 Å². The molecular formula is C22H17ClN2O2. The molecule has 0 radical (unpaired) electrons. The first-order valence-electron chi connectivity index (χ1n) is 8.50. The van der Waals surface area contributed by atoms with Crippen LogP contribution < -0.4 is 15.4 Å². The molecule has 0 saturated heterocycles. The number of hydrogen-bond donors (Lipinski definition) is 1. The number of halogens is 1. The molecule has 2 N–H and O–H groups in total. The maximum absolute atomic E-state index is 13.1.